The molecule has 1 atom stereocenters. The smallest absolute Gasteiger partial charge is 0.328 e. The predicted molar refractivity (Wildman–Crippen MR) is 77.8 cm³/mol. The lowest BCUT2D eigenvalue weighted by Gasteiger charge is -2.22. The molecule has 0 aromatic heterocycles. The van der Waals surface area contributed by atoms with Crippen molar-refractivity contribution < 1.29 is 19.7 Å². The standard InChI is InChI=1S/C15H21NO4/c1-12(11-17)16(2)9-10-20-14-6-3-13(4-7-14)5-8-15(18)19/h3-8,12,17H,9-11H2,1-2H3,(H,18,19)/b8-5+. The van der Waals surface area contributed by atoms with Crippen LogP contribution in [0.1, 0.15) is 12.5 Å². The first kappa shape index (κ1) is 16.2. The molecule has 0 heterocycles. The molecule has 0 fully saturated rings. The molecule has 2 N–H and O–H groups in total. The molecule has 0 saturated carbocycles. The number of ether oxygens (including phenoxy) is 1. The number of carboxylic acid groups (broad SMARTS) is 1. The van der Waals surface area contributed by atoms with Crippen LogP contribution in [0.25, 0.3) is 6.08 Å². The van der Waals surface area contributed by atoms with Crippen molar-refractivity contribution in [2.45, 2.75) is 13.0 Å². The van der Waals surface area contributed by atoms with E-state index in [0.29, 0.717) is 6.61 Å². The number of hydrogen-bond donors (Lipinski definition) is 2. The quantitative estimate of drug-likeness (QED) is 0.705. The van der Waals surface area contributed by atoms with Crippen LogP contribution >= 0.6 is 0 Å². The molecule has 0 bridgehead atoms. The Labute approximate surface area is 119 Å². The lowest BCUT2D eigenvalue weighted by Crippen LogP contribution is -2.35. The summed E-state index contributed by atoms with van der Waals surface area (Å²) in [4.78, 5) is 12.4. The maximum absolute atomic E-state index is 10.4. The highest BCUT2D eigenvalue weighted by molar-refractivity contribution is 5.85. The number of carbonyl (C=O) groups is 1. The first-order chi connectivity index (χ1) is 9.52. The van der Waals surface area contributed by atoms with E-state index in [2.05, 4.69) is 0 Å². The zero-order chi connectivity index (χ0) is 15.0. The van der Waals surface area contributed by atoms with Crippen LogP contribution in [-0.4, -0.2) is 53.9 Å². The summed E-state index contributed by atoms with van der Waals surface area (Å²) in [6.45, 7) is 3.33. The second-order valence-electron chi connectivity index (χ2n) is 4.60. The predicted octanol–water partition coefficient (Wildman–Crippen LogP) is 1.48. The fourth-order valence-electron chi connectivity index (χ4n) is 1.51. The van der Waals surface area contributed by atoms with E-state index in [4.69, 9.17) is 14.9 Å². The van der Waals surface area contributed by atoms with Gasteiger partial charge in [-0.2, -0.15) is 0 Å². The Morgan fingerprint density at radius 3 is 2.60 bits per heavy atom. The number of aliphatic hydroxyl groups is 1. The Morgan fingerprint density at radius 1 is 1.40 bits per heavy atom. The van der Waals surface area contributed by atoms with Crippen molar-refractivity contribution in [3.05, 3.63) is 35.9 Å². The summed E-state index contributed by atoms with van der Waals surface area (Å²) in [7, 11) is 1.93. The third-order valence-corrected chi connectivity index (χ3v) is 3.03. The topological polar surface area (TPSA) is 70.0 Å². The molecule has 0 aliphatic rings. The van der Waals surface area contributed by atoms with Gasteiger partial charge in [-0.15, -0.1) is 0 Å². The van der Waals surface area contributed by atoms with Gasteiger partial charge >= 0.3 is 5.97 Å². The molecule has 5 heteroatoms. The molecular formula is C15H21NO4. The molecule has 20 heavy (non-hydrogen) atoms. The largest absolute Gasteiger partial charge is 0.492 e. The summed E-state index contributed by atoms with van der Waals surface area (Å²) in [6.07, 6.45) is 2.63. The Hall–Kier alpha value is -1.85. The molecular weight excluding hydrogens is 258 g/mol. The van der Waals surface area contributed by atoms with Gasteiger partial charge in [-0.25, -0.2) is 4.79 Å². The fraction of sp³-hybridized carbons (Fsp3) is 0.400. The van der Waals surface area contributed by atoms with E-state index in [0.717, 1.165) is 23.9 Å². The molecule has 0 aliphatic carbocycles. The molecule has 0 amide bonds. The third-order valence-electron chi connectivity index (χ3n) is 3.03. The van der Waals surface area contributed by atoms with Gasteiger partial charge in [0.05, 0.1) is 6.61 Å². The average Bonchev–Trinajstić information content (AvgIpc) is 2.45. The SMILES string of the molecule is CC(CO)N(C)CCOc1ccc(/C=C/C(=O)O)cc1. The maximum Gasteiger partial charge on any atom is 0.328 e. The number of rotatable bonds is 8. The third kappa shape index (κ3) is 5.86. The number of likely N-dealkylation sites (N-methyl/N-ethyl adjacent to an activating group) is 1. The lowest BCUT2D eigenvalue weighted by atomic mass is 10.2. The van der Waals surface area contributed by atoms with Crippen LogP contribution in [0.5, 0.6) is 5.75 Å². The number of nitrogens with zero attached hydrogens (tertiary/aromatic N) is 1. The van der Waals surface area contributed by atoms with E-state index in [9.17, 15) is 4.79 Å². The molecule has 1 aromatic rings. The summed E-state index contributed by atoms with van der Waals surface area (Å²) in [5.74, 6) is -0.228. The van der Waals surface area contributed by atoms with Crippen molar-refractivity contribution in [3.63, 3.8) is 0 Å². The van der Waals surface area contributed by atoms with Crippen molar-refractivity contribution in [1.82, 2.24) is 4.90 Å². The lowest BCUT2D eigenvalue weighted by molar-refractivity contribution is -0.131. The van der Waals surface area contributed by atoms with E-state index in [1.807, 2.05) is 18.9 Å². The molecule has 5 nitrogen and oxygen atoms in total. The molecule has 0 saturated heterocycles. The highest BCUT2D eigenvalue weighted by Gasteiger charge is 2.06. The number of benzene rings is 1. The number of aliphatic carboxylic acids is 1. The van der Waals surface area contributed by atoms with Gasteiger partial charge in [0.2, 0.25) is 0 Å². The van der Waals surface area contributed by atoms with Crippen LogP contribution < -0.4 is 4.74 Å². The molecule has 0 radical (unpaired) electrons. The van der Waals surface area contributed by atoms with Gasteiger partial charge in [-0.3, -0.25) is 4.90 Å². The van der Waals surface area contributed by atoms with Crippen LogP contribution in [0.15, 0.2) is 30.3 Å². The second kappa shape index (κ2) is 8.35. The summed E-state index contributed by atoms with van der Waals surface area (Å²) < 4.78 is 5.59. The van der Waals surface area contributed by atoms with Crippen LogP contribution in [-0.2, 0) is 4.79 Å². The number of carboxylic acids is 1. The van der Waals surface area contributed by atoms with Crippen molar-refractivity contribution >= 4 is 12.0 Å². The van der Waals surface area contributed by atoms with Crippen LogP contribution in [0.4, 0.5) is 0 Å². The molecule has 0 spiro atoms. The molecule has 1 aromatic carbocycles. The highest BCUT2D eigenvalue weighted by Crippen LogP contribution is 2.13. The molecule has 1 unspecified atom stereocenters. The fourth-order valence-corrected chi connectivity index (χ4v) is 1.51. The van der Waals surface area contributed by atoms with E-state index >= 15 is 0 Å². The van der Waals surface area contributed by atoms with E-state index in [-0.39, 0.29) is 12.6 Å². The Morgan fingerprint density at radius 2 is 2.05 bits per heavy atom. The van der Waals surface area contributed by atoms with Gasteiger partial charge in [-0.1, -0.05) is 12.1 Å². The van der Waals surface area contributed by atoms with Crippen molar-refractivity contribution in [2.75, 3.05) is 26.8 Å². The van der Waals surface area contributed by atoms with E-state index in [1.165, 1.54) is 6.08 Å². The van der Waals surface area contributed by atoms with Crippen molar-refractivity contribution in [3.8, 4) is 5.75 Å². The molecule has 0 aliphatic heterocycles. The average molecular weight is 279 g/mol. The first-order valence-electron chi connectivity index (χ1n) is 6.48. The highest BCUT2D eigenvalue weighted by atomic mass is 16.5. The minimum Gasteiger partial charge on any atom is -0.492 e. The second-order valence-corrected chi connectivity index (χ2v) is 4.60. The van der Waals surface area contributed by atoms with Gasteiger partial charge in [0, 0.05) is 18.7 Å². The summed E-state index contributed by atoms with van der Waals surface area (Å²) in [5, 5.41) is 17.5. The van der Waals surface area contributed by atoms with Crippen LogP contribution in [0, 0.1) is 0 Å². The zero-order valence-electron chi connectivity index (χ0n) is 11.8. The Kier molecular flexibility index (Phi) is 6.76. The van der Waals surface area contributed by atoms with Gasteiger partial charge < -0.3 is 14.9 Å². The van der Waals surface area contributed by atoms with Gasteiger partial charge in [0.15, 0.2) is 0 Å². The van der Waals surface area contributed by atoms with Crippen LogP contribution in [0.3, 0.4) is 0 Å². The van der Waals surface area contributed by atoms with Gasteiger partial charge in [0.1, 0.15) is 12.4 Å². The number of aliphatic hydroxyl groups excluding tert-OH is 1. The normalized spacial score (nSPS) is 12.8. The Bertz CT molecular complexity index is 442. The summed E-state index contributed by atoms with van der Waals surface area (Å²) >= 11 is 0. The molecule has 110 valence electrons. The van der Waals surface area contributed by atoms with Gasteiger partial charge in [0.25, 0.3) is 0 Å². The van der Waals surface area contributed by atoms with Crippen molar-refractivity contribution in [1.29, 1.82) is 0 Å². The summed E-state index contributed by atoms with van der Waals surface area (Å²) in [6, 6.07) is 7.32. The monoisotopic (exact) mass is 279 g/mol. The first-order valence-corrected chi connectivity index (χ1v) is 6.48. The van der Waals surface area contributed by atoms with Crippen molar-refractivity contribution in [2.24, 2.45) is 0 Å². The minimum absolute atomic E-state index is 0.113. The Balaban J connectivity index is 2.40. The zero-order valence-corrected chi connectivity index (χ0v) is 11.8. The van der Waals surface area contributed by atoms with E-state index in [1.54, 1.807) is 24.3 Å². The van der Waals surface area contributed by atoms with Gasteiger partial charge in [-0.05, 0) is 37.7 Å². The summed E-state index contributed by atoms with van der Waals surface area (Å²) in [5.41, 5.74) is 0.811. The number of hydrogen-bond acceptors (Lipinski definition) is 4. The maximum atomic E-state index is 10.4. The molecule has 1 rings (SSSR count). The van der Waals surface area contributed by atoms with Crippen LogP contribution in [0.2, 0.25) is 0 Å². The minimum atomic E-state index is -0.966. The van der Waals surface area contributed by atoms with E-state index < -0.39 is 5.97 Å².